The maximum absolute atomic E-state index is 11.7. The zero-order valence-corrected chi connectivity index (χ0v) is 10.3. The molecular weight excluding hydrogens is 236 g/mol. The summed E-state index contributed by atoms with van der Waals surface area (Å²) >= 11 is 0. The fourth-order valence-electron chi connectivity index (χ4n) is 1.47. The number of carboxylic acid groups (broad SMARTS) is 1. The second-order valence-electron chi connectivity index (χ2n) is 3.88. The van der Waals surface area contributed by atoms with Crippen molar-refractivity contribution >= 4 is 17.7 Å². The van der Waals surface area contributed by atoms with E-state index in [4.69, 9.17) is 10.2 Å². The van der Waals surface area contributed by atoms with E-state index in [1.807, 2.05) is 0 Å². The molecule has 0 fully saturated rings. The van der Waals surface area contributed by atoms with Crippen LogP contribution in [0.4, 0.5) is 10.5 Å². The van der Waals surface area contributed by atoms with Crippen molar-refractivity contribution in [3.05, 3.63) is 29.3 Å². The highest BCUT2D eigenvalue weighted by Gasteiger charge is 2.16. The van der Waals surface area contributed by atoms with Crippen molar-refractivity contribution in [2.45, 2.75) is 6.92 Å². The molecule has 0 saturated heterocycles. The van der Waals surface area contributed by atoms with Crippen molar-refractivity contribution in [3.8, 4) is 0 Å². The fourth-order valence-corrected chi connectivity index (χ4v) is 1.47. The molecule has 0 bridgehead atoms. The number of carbonyl (C=O) groups is 2. The summed E-state index contributed by atoms with van der Waals surface area (Å²) < 4.78 is 0. The van der Waals surface area contributed by atoms with Gasteiger partial charge in [0.2, 0.25) is 0 Å². The molecule has 0 aliphatic heterocycles. The fraction of sp³-hybridized carbons (Fsp3) is 0.333. The number of hydrogen-bond donors (Lipinski definition) is 3. The Kier molecular flexibility index (Phi) is 4.67. The van der Waals surface area contributed by atoms with Gasteiger partial charge in [-0.2, -0.15) is 0 Å². The number of carboxylic acids is 1. The number of aromatic carboxylic acids is 1. The molecule has 0 spiro atoms. The van der Waals surface area contributed by atoms with Crippen LogP contribution in [0, 0.1) is 6.92 Å². The Morgan fingerprint density at radius 1 is 1.39 bits per heavy atom. The molecule has 18 heavy (non-hydrogen) atoms. The van der Waals surface area contributed by atoms with Gasteiger partial charge in [-0.05, 0) is 18.6 Å². The van der Waals surface area contributed by atoms with E-state index in [9.17, 15) is 9.59 Å². The molecule has 0 atom stereocenters. The van der Waals surface area contributed by atoms with Crippen molar-refractivity contribution in [2.24, 2.45) is 0 Å². The molecule has 2 amide bonds. The highest BCUT2D eigenvalue weighted by Crippen LogP contribution is 2.20. The van der Waals surface area contributed by atoms with E-state index in [2.05, 4.69) is 5.32 Å². The maximum Gasteiger partial charge on any atom is 0.337 e. The molecule has 6 nitrogen and oxygen atoms in total. The molecule has 0 saturated carbocycles. The highest BCUT2D eigenvalue weighted by molar-refractivity contribution is 6.00. The first-order chi connectivity index (χ1) is 8.47. The maximum atomic E-state index is 11.7. The minimum absolute atomic E-state index is 0.0424. The third-order valence-corrected chi connectivity index (χ3v) is 2.52. The second-order valence-corrected chi connectivity index (χ2v) is 3.88. The van der Waals surface area contributed by atoms with Crippen molar-refractivity contribution < 1.29 is 19.8 Å². The van der Waals surface area contributed by atoms with Crippen LogP contribution in [0.3, 0.4) is 0 Å². The van der Waals surface area contributed by atoms with Crippen molar-refractivity contribution in [2.75, 3.05) is 25.5 Å². The average Bonchev–Trinajstić information content (AvgIpc) is 2.31. The second kappa shape index (κ2) is 6.02. The van der Waals surface area contributed by atoms with Crippen LogP contribution >= 0.6 is 0 Å². The number of rotatable bonds is 4. The number of benzene rings is 1. The summed E-state index contributed by atoms with van der Waals surface area (Å²) in [6.45, 7) is 1.75. The number of anilines is 1. The molecule has 3 N–H and O–H groups in total. The third kappa shape index (κ3) is 3.21. The molecule has 1 aromatic carbocycles. The summed E-state index contributed by atoms with van der Waals surface area (Å²) in [6, 6.07) is 4.30. The zero-order chi connectivity index (χ0) is 13.7. The van der Waals surface area contributed by atoms with E-state index >= 15 is 0 Å². The van der Waals surface area contributed by atoms with Crippen LogP contribution in [0.2, 0.25) is 0 Å². The van der Waals surface area contributed by atoms with Crippen LogP contribution in [0.5, 0.6) is 0 Å². The average molecular weight is 252 g/mol. The number of aliphatic hydroxyl groups is 1. The lowest BCUT2D eigenvalue weighted by atomic mass is 10.1. The van der Waals surface area contributed by atoms with Crippen molar-refractivity contribution in [1.82, 2.24) is 4.90 Å². The number of carbonyl (C=O) groups excluding carboxylic acids is 1. The van der Waals surface area contributed by atoms with Crippen LogP contribution in [0.15, 0.2) is 18.2 Å². The summed E-state index contributed by atoms with van der Waals surface area (Å²) in [5.74, 6) is -1.10. The Hall–Kier alpha value is -2.08. The number of aryl methyl sites for hydroxylation is 1. The van der Waals surface area contributed by atoms with Gasteiger partial charge in [0.15, 0.2) is 0 Å². The lowest BCUT2D eigenvalue weighted by molar-refractivity contribution is 0.0698. The van der Waals surface area contributed by atoms with Gasteiger partial charge in [-0.3, -0.25) is 0 Å². The van der Waals surface area contributed by atoms with Crippen LogP contribution in [-0.4, -0.2) is 47.3 Å². The van der Waals surface area contributed by atoms with E-state index in [0.29, 0.717) is 5.56 Å². The van der Waals surface area contributed by atoms with Gasteiger partial charge < -0.3 is 20.4 Å². The van der Waals surface area contributed by atoms with Gasteiger partial charge in [0.1, 0.15) is 0 Å². The topological polar surface area (TPSA) is 89.9 Å². The Morgan fingerprint density at radius 3 is 2.61 bits per heavy atom. The first-order valence-electron chi connectivity index (χ1n) is 5.43. The molecule has 0 heterocycles. The predicted octanol–water partition coefficient (Wildman–Crippen LogP) is 1.15. The van der Waals surface area contributed by atoms with E-state index < -0.39 is 12.0 Å². The number of amides is 2. The smallest absolute Gasteiger partial charge is 0.337 e. The van der Waals surface area contributed by atoms with E-state index in [1.54, 1.807) is 19.1 Å². The van der Waals surface area contributed by atoms with Gasteiger partial charge in [0.05, 0.1) is 17.9 Å². The number of nitrogens with one attached hydrogen (secondary N) is 1. The van der Waals surface area contributed by atoms with E-state index in [-0.39, 0.29) is 24.4 Å². The Labute approximate surface area is 105 Å². The van der Waals surface area contributed by atoms with Gasteiger partial charge in [0.25, 0.3) is 0 Å². The standard InChI is InChI=1S/C12H16N2O4/c1-8-4-3-5-9(11(16)17)10(8)13-12(18)14(2)6-7-15/h3-5,15H,6-7H2,1-2H3,(H,13,18)(H,16,17). The molecule has 0 aliphatic carbocycles. The van der Waals surface area contributed by atoms with Crippen LogP contribution in [0.25, 0.3) is 0 Å². The minimum Gasteiger partial charge on any atom is -0.478 e. The number of nitrogens with zero attached hydrogens (tertiary/aromatic N) is 1. The number of likely N-dealkylation sites (N-methyl/N-ethyl adjacent to an activating group) is 1. The van der Waals surface area contributed by atoms with Crippen LogP contribution in [-0.2, 0) is 0 Å². The summed E-state index contributed by atoms with van der Waals surface area (Å²) in [7, 11) is 1.52. The molecule has 0 unspecified atom stereocenters. The van der Waals surface area contributed by atoms with Gasteiger partial charge in [0, 0.05) is 13.6 Å². The summed E-state index contributed by atoms with van der Waals surface area (Å²) in [4.78, 5) is 24.1. The van der Waals surface area contributed by atoms with Crippen LogP contribution < -0.4 is 5.32 Å². The summed E-state index contributed by atoms with van der Waals surface area (Å²) in [6.07, 6.45) is 0. The molecular formula is C12H16N2O4. The third-order valence-electron chi connectivity index (χ3n) is 2.52. The number of hydrogen-bond acceptors (Lipinski definition) is 3. The predicted molar refractivity (Wildman–Crippen MR) is 66.9 cm³/mol. The lowest BCUT2D eigenvalue weighted by Gasteiger charge is -2.18. The monoisotopic (exact) mass is 252 g/mol. The van der Waals surface area contributed by atoms with E-state index in [0.717, 1.165) is 0 Å². The van der Waals surface area contributed by atoms with Gasteiger partial charge in [-0.1, -0.05) is 12.1 Å². The molecule has 0 radical (unpaired) electrons. The highest BCUT2D eigenvalue weighted by atomic mass is 16.4. The van der Waals surface area contributed by atoms with Gasteiger partial charge in [-0.25, -0.2) is 9.59 Å². The zero-order valence-electron chi connectivity index (χ0n) is 10.3. The quantitative estimate of drug-likeness (QED) is 0.749. The first kappa shape index (κ1) is 14.0. The van der Waals surface area contributed by atoms with Crippen molar-refractivity contribution in [3.63, 3.8) is 0 Å². The van der Waals surface area contributed by atoms with Crippen molar-refractivity contribution in [1.29, 1.82) is 0 Å². The molecule has 98 valence electrons. The normalized spacial score (nSPS) is 9.94. The van der Waals surface area contributed by atoms with Crippen LogP contribution in [0.1, 0.15) is 15.9 Å². The Morgan fingerprint density at radius 2 is 2.06 bits per heavy atom. The molecule has 6 heteroatoms. The van der Waals surface area contributed by atoms with E-state index in [1.165, 1.54) is 18.0 Å². The molecule has 0 aliphatic rings. The Balaban J connectivity index is 2.96. The largest absolute Gasteiger partial charge is 0.478 e. The number of urea groups is 1. The van der Waals surface area contributed by atoms with Gasteiger partial charge in [-0.15, -0.1) is 0 Å². The summed E-state index contributed by atoms with van der Waals surface area (Å²) in [5, 5.41) is 20.3. The summed E-state index contributed by atoms with van der Waals surface area (Å²) in [5.41, 5.74) is 0.987. The SMILES string of the molecule is Cc1cccc(C(=O)O)c1NC(=O)N(C)CCO. The number of para-hydroxylation sites is 1. The molecule has 1 aromatic rings. The Bertz CT molecular complexity index is 459. The minimum atomic E-state index is -1.10. The first-order valence-corrected chi connectivity index (χ1v) is 5.43. The molecule has 1 rings (SSSR count). The lowest BCUT2D eigenvalue weighted by Crippen LogP contribution is -2.34. The number of aliphatic hydroxyl groups excluding tert-OH is 1. The van der Waals surface area contributed by atoms with Gasteiger partial charge >= 0.3 is 12.0 Å². The molecule has 0 aromatic heterocycles.